The maximum Gasteiger partial charge on any atom is 0.0378 e. The first kappa shape index (κ1) is 8.91. The molecule has 0 radical (unpaired) electrons. The van der Waals surface area contributed by atoms with E-state index in [1.54, 1.807) is 0 Å². The zero-order valence-corrected chi connectivity index (χ0v) is 8.43. The Balaban J connectivity index is 2.14. The summed E-state index contributed by atoms with van der Waals surface area (Å²) in [6.07, 6.45) is 0. The van der Waals surface area contributed by atoms with Gasteiger partial charge in [0.15, 0.2) is 0 Å². The van der Waals surface area contributed by atoms with Crippen molar-refractivity contribution in [2.45, 2.75) is 4.90 Å². The van der Waals surface area contributed by atoms with Crippen molar-refractivity contribution < 1.29 is 0 Å². The molecule has 0 amide bonds. The minimum Gasteiger partial charge on any atom is -0.369 e. The monoisotopic (exact) mass is 194 g/mol. The molecule has 0 unspecified atom stereocenters. The maximum atomic E-state index is 4.33. The number of hydrogen-bond donors (Lipinski definition) is 2. The molecule has 3 heteroatoms. The van der Waals surface area contributed by atoms with Gasteiger partial charge in [0, 0.05) is 36.8 Å². The Morgan fingerprint density at radius 2 is 2.00 bits per heavy atom. The first-order chi connectivity index (χ1) is 6.36. The first-order valence-electron chi connectivity index (χ1n) is 4.61. The second kappa shape index (κ2) is 4.03. The standard InChI is InChI=1S/C10H14N2S/c13-10-3-1-2-9(8-10)12-6-4-11-5-7-12/h1-3,8,11,13H,4-7H2. The van der Waals surface area contributed by atoms with Gasteiger partial charge in [0.05, 0.1) is 0 Å². The number of anilines is 1. The molecular weight excluding hydrogens is 180 g/mol. The van der Waals surface area contributed by atoms with Gasteiger partial charge in [-0.3, -0.25) is 0 Å². The minimum atomic E-state index is 1.04. The lowest BCUT2D eigenvalue weighted by Gasteiger charge is -2.29. The van der Waals surface area contributed by atoms with E-state index in [9.17, 15) is 0 Å². The van der Waals surface area contributed by atoms with Gasteiger partial charge in [-0.1, -0.05) is 6.07 Å². The van der Waals surface area contributed by atoms with Gasteiger partial charge in [-0.05, 0) is 18.2 Å². The lowest BCUT2D eigenvalue weighted by molar-refractivity contribution is 0.589. The highest BCUT2D eigenvalue weighted by molar-refractivity contribution is 7.80. The van der Waals surface area contributed by atoms with Crippen molar-refractivity contribution >= 4 is 18.3 Å². The minimum absolute atomic E-state index is 1.04. The van der Waals surface area contributed by atoms with Crippen LogP contribution in [0.2, 0.25) is 0 Å². The van der Waals surface area contributed by atoms with E-state index in [1.165, 1.54) is 5.69 Å². The fourth-order valence-corrected chi connectivity index (χ4v) is 1.83. The average Bonchev–Trinajstić information content (AvgIpc) is 2.19. The average molecular weight is 194 g/mol. The zero-order chi connectivity index (χ0) is 9.10. The van der Waals surface area contributed by atoms with Crippen LogP contribution in [0.1, 0.15) is 0 Å². The van der Waals surface area contributed by atoms with E-state index < -0.39 is 0 Å². The topological polar surface area (TPSA) is 15.3 Å². The van der Waals surface area contributed by atoms with Gasteiger partial charge in [-0.25, -0.2) is 0 Å². The van der Waals surface area contributed by atoms with Crippen LogP contribution in [-0.2, 0) is 0 Å². The highest BCUT2D eigenvalue weighted by atomic mass is 32.1. The lowest BCUT2D eigenvalue weighted by Crippen LogP contribution is -2.43. The summed E-state index contributed by atoms with van der Waals surface area (Å²) in [5.74, 6) is 0. The highest BCUT2D eigenvalue weighted by Crippen LogP contribution is 2.18. The molecule has 0 aliphatic carbocycles. The molecule has 1 aliphatic rings. The summed E-state index contributed by atoms with van der Waals surface area (Å²) in [5, 5.41) is 3.34. The van der Waals surface area contributed by atoms with Gasteiger partial charge in [0.1, 0.15) is 0 Å². The van der Waals surface area contributed by atoms with Gasteiger partial charge >= 0.3 is 0 Å². The quantitative estimate of drug-likeness (QED) is 0.657. The Kier molecular flexibility index (Phi) is 2.76. The summed E-state index contributed by atoms with van der Waals surface area (Å²) >= 11 is 4.33. The largest absolute Gasteiger partial charge is 0.369 e. The lowest BCUT2D eigenvalue weighted by atomic mass is 10.2. The fraction of sp³-hybridized carbons (Fsp3) is 0.400. The van der Waals surface area contributed by atoms with Crippen molar-refractivity contribution in [3.8, 4) is 0 Å². The number of nitrogens with one attached hydrogen (secondary N) is 1. The fourth-order valence-electron chi connectivity index (χ4n) is 1.61. The SMILES string of the molecule is Sc1cccc(N2CCNCC2)c1. The molecule has 1 saturated heterocycles. The summed E-state index contributed by atoms with van der Waals surface area (Å²) in [6, 6.07) is 8.33. The van der Waals surface area contributed by atoms with Crippen molar-refractivity contribution in [3.63, 3.8) is 0 Å². The van der Waals surface area contributed by atoms with Crippen LogP contribution in [-0.4, -0.2) is 26.2 Å². The Labute approximate surface area is 84.4 Å². The molecule has 1 fully saturated rings. The Morgan fingerprint density at radius 1 is 1.23 bits per heavy atom. The van der Waals surface area contributed by atoms with Crippen molar-refractivity contribution in [2.75, 3.05) is 31.1 Å². The van der Waals surface area contributed by atoms with Crippen molar-refractivity contribution in [1.29, 1.82) is 0 Å². The van der Waals surface area contributed by atoms with E-state index in [-0.39, 0.29) is 0 Å². The van der Waals surface area contributed by atoms with Crippen LogP contribution in [0.3, 0.4) is 0 Å². The van der Waals surface area contributed by atoms with Crippen LogP contribution in [0.15, 0.2) is 29.2 Å². The van der Waals surface area contributed by atoms with Gasteiger partial charge in [-0.2, -0.15) is 0 Å². The molecule has 0 bridgehead atoms. The molecule has 1 N–H and O–H groups in total. The molecule has 1 aliphatic heterocycles. The van der Waals surface area contributed by atoms with E-state index >= 15 is 0 Å². The summed E-state index contributed by atoms with van der Waals surface area (Å²) < 4.78 is 0. The third-order valence-corrected chi connectivity index (χ3v) is 2.59. The predicted molar refractivity (Wildman–Crippen MR) is 58.8 cm³/mol. The van der Waals surface area contributed by atoms with E-state index in [0.717, 1.165) is 31.1 Å². The molecule has 0 spiro atoms. The molecule has 0 atom stereocenters. The highest BCUT2D eigenvalue weighted by Gasteiger charge is 2.09. The number of hydrogen-bond acceptors (Lipinski definition) is 3. The molecule has 70 valence electrons. The van der Waals surface area contributed by atoms with Crippen molar-refractivity contribution in [1.82, 2.24) is 5.32 Å². The van der Waals surface area contributed by atoms with E-state index in [2.05, 4.69) is 41.0 Å². The van der Waals surface area contributed by atoms with Crippen LogP contribution in [0.4, 0.5) is 5.69 Å². The molecule has 1 aromatic carbocycles. The Morgan fingerprint density at radius 3 is 2.69 bits per heavy atom. The number of thiol groups is 1. The normalized spacial score (nSPS) is 17.5. The zero-order valence-electron chi connectivity index (χ0n) is 7.53. The van der Waals surface area contributed by atoms with Gasteiger partial charge < -0.3 is 10.2 Å². The summed E-state index contributed by atoms with van der Waals surface area (Å²) in [4.78, 5) is 3.42. The van der Waals surface area contributed by atoms with Crippen LogP contribution >= 0.6 is 12.6 Å². The third kappa shape index (κ3) is 2.17. The van der Waals surface area contributed by atoms with Crippen LogP contribution in [0.25, 0.3) is 0 Å². The van der Waals surface area contributed by atoms with Crippen LogP contribution in [0.5, 0.6) is 0 Å². The van der Waals surface area contributed by atoms with Gasteiger partial charge in [0.2, 0.25) is 0 Å². The summed E-state index contributed by atoms with van der Waals surface area (Å²) in [6.45, 7) is 4.35. The van der Waals surface area contributed by atoms with E-state index in [4.69, 9.17) is 0 Å². The molecule has 1 aromatic rings. The second-order valence-electron chi connectivity index (χ2n) is 3.26. The second-order valence-corrected chi connectivity index (χ2v) is 3.77. The molecule has 2 nitrogen and oxygen atoms in total. The number of nitrogens with zero attached hydrogens (tertiary/aromatic N) is 1. The maximum absolute atomic E-state index is 4.33. The number of rotatable bonds is 1. The number of benzene rings is 1. The Hall–Kier alpha value is -0.670. The number of piperazine rings is 1. The third-order valence-electron chi connectivity index (χ3n) is 2.31. The van der Waals surface area contributed by atoms with Crippen LogP contribution < -0.4 is 10.2 Å². The molecular formula is C10H14N2S. The molecule has 13 heavy (non-hydrogen) atoms. The Bertz CT molecular complexity index is 282. The molecule has 0 aromatic heterocycles. The predicted octanol–water partition coefficient (Wildman–Crippen LogP) is 1.38. The van der Waals surface area contributed by atoms with Gasteiger partial charge in [0.25, 0.3) is 0 Å². The molecule has 1 heterocycles. The van der Waals surface area contributed by atoms with Gasteiger partial charge in [-0.15, -0.1) is 12.6 Å². The van der Waals surface area contributed by atoms with Crippen molar-refractivity contribution in [3.05, 3.63) is 24.3 Å². The van der Waals surface area contributed by atoms with Crippen molar-refractivity contribution in [2.24, 2.45) is 0 Å². The van der Waals surface area contributed by atoms with E-state index in [1.807, 2.05) is 6.07 Å². The van der Waals surface area contributed by atoms with E-state index in [0.29, 0.717) is 0 Å². The first-order valence-corrected chi connectivity index (χ1v) is 5.06. The molecule has 0 saturated carbocycles. The molecule has 2 rings (SSSR count). The summed E-state index contributed by atoms with van der Waals surface area (Å²) in [7, 11) is 0. The smallest absolute Gasteiger partial charge is 0.0378 e. The van der Waals surface area contributed by atoms with Crippen LogP contribution in [0, 0.1) is 0 Å². The summed E-state index contributed by atoms with van der Waals surface area (Å²) in [5.41, 5.74) is 1.29.